The van der Waals surface area contributed by atoms with Crippen molar-refractivity contribution < 1.29 is 9.53 Å². The molecule has 0 saturated heterocycles. The summed E-state index contributed by atoms with van der Waals surface area (Å²) in [5.74, 6) is 0.896. The van der Waals surface area contributed by atoms with Crippen LogP contribution < -0.4 is 15.4 Å². The number of anilines is 2. The first-order valence-corrected chi connectivity index (χ1v) is 9.31. The Labute approximate surface area is 175 Å². The number of hydrogen-bond donors (Lipinski definition) is 1. The first kappa shape index (κ1) is 20.6. The third-order valence-corrected chi connectivity index (χ3v) is 4.91. The Kier molecular flexibility index (Phi) is 6.03. The Balaban J connectivity index is 0.00000240. The van der Waals surface area contributed by atoms with E-state index in [9.17, 15) is 4.79 Å². The molecule has 2 aromatic heterocycles. The zero-order valence-electron chi connectivity index (χ0n) is 16.3. The van der Waals surface area contributed by atoms with Gasteiger partial charge in [-0.1, -0.05) is 6.07 Å². The molecule has 0 spiro atoms. The normalized spacial score (nSPS) is 12.8. The molecule has 0 fully saturated rings. The van der Waals surface area contributed by atoms with Gasteiger partial charge in [0.05, 0.1) is 24.1 Å². The molecule has 0 atom stereocenters. The molecule has 1 aliphatic heterocycles. The zero-order valence-corrected chi connectivity index (χ0v) is 17.1. The van der Waals surface area contributed by atoms with Gasteiger partial charge in [0.15, 0.2) is 5.82 Å². The molecule has 1 amide bonds. The van der Waals surface area contributed by atoms with Gasteiger partial charge in [-0.2, -0.15) is 5.10 Å². The van der Waals surface area contributed by atoms with Crippen molar-refractivity contribution in [3.8, 4) is 11.7 Å². The maximum Gasteiger partial charge on any atom is 0.261 e. The van der Waals surface area contributed by atoms with Crippen LogP contribution >= 0.6 is 12.4 Å². The van der Waals surface area contributed by atoms with Crippen molar-refractivity contribution in [3.05, 3.63) is 53.3 Å². The maximum absolute atomic E-state index is 13.3. The summed E-state index contributed by atoms with van der Waals surface area (Å²) in [6.45, 7) is 4.91. The molecule has 1 aromatic carbocycles. The second-order valence-electron chi connectivity index (χ2n) is 6.62. The number of rotatable bonds is 4. The summed E-state index contributed by atoms with van der Waals surface area (Å²) in [7, 11) is 0. The zero-order chi connectivity index (χ0) is 19.7. The minimum Gasteiger partial charge on any atom is -0.477 e. The van der Waals surface area contributed by atoms with E-state index in [2.05, 4.69) is 15.3 Å². The maximum atomic E-state index is 13.3. The third kappa shape index (κ3) is 3.75. The summed E-state index contributed by atoms with van der Waals surface area (Å²) in [6, 6.07) is 9.20. The summed E-state index contributed by atoms with van der Waals surface area (Å²) in [6.07, 6.45) is 3.34. The summed E-state index contributed by atoms with van der Waals surface area (Å²) < 4.78 is 6.93. The van der Waals surface area contributed by atoms with Crippen LogP contribution in [0, 0.1) is 6.92 Å². The van der Waals surface area contributed by atoms with Gasteiger partial charge in [0.1, 0.15) is 0 Å². The summed E-state index contributed by atoms with van der Waals surface area (Å²) in [5.41, 5.74) is 9.99. The number of halogens is 1. The van der Waals surface area contributed by atoms with Crippen LogP contribution in [0.5, 0.6) is 5.88 Å². The second kappa shape index (κ2) is 8.48. The fourth-order valence-electron chi connectivity index (χ4n) is 3.51. The lowest BCUT2D eigenvalue weighted by Crippen LogP contribution is -2.36. The van der Waals surface area contributed by atoms with Crippen LogP contribution in [0.25, 0.3) is 5.82 Å². The monoisotopic (exact) mass is 414 g/mol. The summed E-state index contributed by atoms with van der Waals surface area (Å²) in [4.78, 5) is 15.0. The average molecular weight is 415 g/mol. The fourth-order valence-corrected chi connectivity index (χ4v) is 3.51. The molecule has 9 heteroatoms. The molecule has 29 heavy (non-hydrogen) atoms. The number of nitrogen functional groups attached to an aromatic ring is 1. The molecule has 0 radical (unpaired) electrons. The van der Waals surface area contributed by atoms with Gasteiger partial charge in [-0.05, 0) is 50.5 Å². The topological polar surface area (TPSA) is 99.2 Å². The first-order valence-electron chi connectivity index (χ1n) is 9.31. The van der Waals surface area contributed by atoms with E-state index >= 15 is 0 Å². The Morgan fingerprint density at radius 1 is 1.24 bits per heavy atom. The predicted octanol–water partition coefficient (Wildman–Crippen LogP) is 2.97. The van der Waals surface area contributed by atoms with E-state index in [1.165, 1.54) is 0 Å². The molecule has 0 bridgehead atoms. The van der Waals surface area contributed by atoms with E-state index in [1.54, 1.807) is 27.9 Å². The van der Waals surface area contributed by atoms with Crippen molar-refractivity contribution >= 4 is 29.7 Å². The highest BCUT2D eigenvalue weighted by atomic mass is 35.5. The van der Waals surface area contributed by atoms with Crippen molar-refractivity contribution in [2.45, 2.75) is 26.7 Å². The molecule has 2 N–H and O–H groups in total. The van der Waals surface area contributed by atoms with E-state index in [0.717, 1.165) is 29.8 Å². The fraction of sp³-hybridized carbons (Fsp3) is 0.300. The van der Waals surface area contributed by atoms with Crippen molar-refractivity contribution in [3.63, 3.8) is 0 Å². The third-order valence-electron chi connectivity index (χ3n) is 4.91. The quantitative estimate of drug-likeness (QED) is 0.659. The predicted molar refractivity (Wildman–Crippen MR) is 113 cm³/mol. The van der Waals surface area contributed by atoms with Crippen LogP contribution in [-0.2, 0) is 6.42 Å². The van der Waals surface area contributed by atoms with Gasteiger partial charge in [-0.3, -0.25) is 4.79 Å². The summed E-state index contributed by atoms with van der Waals surface area (Å²) in [5, 5.41) is 12.5. The molecular weight excluding hydrogens is 392 g/mol. The van der Waals surface area contributed by atoms with Gasteiger partial charge < -0.3 is 15.4 Å². The molecule has 3 heterocycles. The van der Waals surface area contributed by atoms with E-state index in [-0.39, 0.29) is 18.3 Å². The van der Waals surface area contributed by atoms with Gasteiger partial charge >= 0.3 is 0 Å². The van der Waals surface area contributed by atoms with Gasteiger partial charge in [0, 0.05) is 24.0 Å². The number of fused-ring (bicyclic) bond motifs is 1. The standard InChI is InChI=1S/C20H22N6O2.ClH/c1-3-28-19-10-9-18(23-24-19)26-13(2)15(12-22-26)20(27)25-11-5-6-14-16(21)7-4-8-17(14)25;/h4,7-10,12H,3,5-6,11,21H2,1-2H3;1H. The minimum atomic E-state index is -0.0887. The number of hydrogen-bond acceptors (Lipinski definition) is 6. The van der Waals surface area contributed by atoms with Crippen LogP contribution in [0.2, 0.25) is 0 Å². The lowest BCUT2D eigenvalue weighted by Gasteiger charge is -2.30. The number of nitrogens with zero attached hydrogens (tertiary/aromatic N) is 5. The molecular formula is C20H23ClN6O2. The SMILES string of the molecule is CCOc1ccc(-n2ncc(C(=O)N3CCCc4c(N)cccc43)c2C)nn1.Cl. The van der Waals surface area contributed by atoms with Gasteiger partial charge in [0.2, 0.25) is 5.88 Å². The Hall–Kier alpha value is -3.13. The lowest BCUT2D eigenvalue weighted by molar-refractivity contribution is 0.0984. The van der Waals surface area contributed by atoms with E-state index in [1.807, 2.05) is 32.0 Å². The first-order chi connectivity index (χ1) is 13.6. The molecule has 0 unspecified atom stereocenters. The molecule has 4 rings (SSSR count). The van der Waals surface area contributed by atoms with E-state index in [0.29, 0.717) is 36.1 Å². The van der Waals surface area contributed by atoms with Crippen LogP contribution in [0.4, 0.5) is 11.4 Å². The smallest absolute Gasteiger partial charge is 0.261 e. The largest absolute Gasteiger partial charge is 0.477 e. The number of ether oxygens (including phenoxy) is 1. The van der Waals surface area contributed by atoms with Gasteiger partial charge in [0.25, 0.3) is 5.91 Å². The van der Waals surface area contributed by atoms with Crippen molar-refractivity contribution in [2.24, 2.45) is 0 Å². The molecule has 0 aliphatic carbocycles. The molecule has 3 aromatic rings. The molecule has 1 aliphatic rings. The highest BCUT2D eigenvalue weighted by molar-refractivity contribution is 6.07. The number of carbonyl (C=O) groups is 1. The van der Waals surface area contributed by atoms with E-state index in [4.69, 9.17) is 10.5 Å². The number of carbonyl (C=O) groups excluding carboxylic acids is 1. The molecule has 152 valence electrons. The molecule has 0 saturated carbocycles. The lowest BCUT2D eigenvalue weighted by atomic mass is 9.99. The summed E-state index contributed by atoms with van der Waals surface area (Å²) >= 11 is 0. The van der Waals surface area contributed by atoms with Gasteiger partial charge in [-0.25, -0.2) is 4.68 Å². The minimum absolute atomic E-state index is 0. The van der Waals surface area contributed by atoms with E-state index < -0.39 is 0 Å². The van der Waals surface area contributed by atoms with Crippen LogP contribution in [0.15, 0.2) is 36.5 Å². The van der Waals surface area contributed by atoms with Gasteiger partial charge in [-0.15, -0.1) is 22.6 Å². The Morgan fingerprint density at radius 2 is 2.07 bits per heavy atom. The Bertz CT molecular complexity index is 1020. The second-order valence-corrected chi connectivity index (χ2v) is 6.62. The van der Waals surface area contributed by atoms with Crippen molar-refractivity contribution in [1.29, 1.82) is 0 Å². The molecule has 8 nitrogen and oxygen atoms in total. The number of amides is 1. The number of nitrogens with two attached hydrogens (primary N) is 1. The van der Waals surface area contributed by atoms with Crippen LogP contribution in [0.1, 0.15) is 35.0 Å². The number of benzene rings is 1. The highest BCUT2D eigenvalue weighted by Crippen LogP contribution is 2.32. The highest BCUT2D eigenvalue weighted by Gasteiger charge is 2.27. The van der Waals surface area contributed by atoms with Crippen molar-refractivity contribution in [1.82, 2.24) is 20.0 Å². The van der Waals surface area contributed by atoms with Crippen LogP contribution in [0.3, 0.4) is 0 Å². The van der Waals surface area contributed by atoms with Crippen LogP contribution in [-0.4, -0.2) is 39.0 Å². The average Bonchev–Trinajstić information content (AvgIpc) is 3.10. The number of aromatic nitrogens is 4. The Morgan fingerprint density at radius 3 is 2.79 bits per heavy atom. The van der Waals surface area contributed by atoms with Crippen molar-refractivity contribution in [2.75, 3.05) is 23.8 Å².